The molecule has 0 radical (unpaired) electrons. The predicted octanol–water partition coefficient (Wildman–Crippen LogP) is 3.15. The Bertz CT molecular complexity index is 992. The molecule has 2 aliphatic rings. The molecule has 9 nitrogen and oxygen atoms in total. The lowest BCUT2D eigenvalue weighted by molar-refractivity contribution is -0.135. The van der Waals surface area contributed by atoms with E-state index in [1.165, 1.54) is 13.4 Å². The minimum Gasteiger partial charge on any atom is -0.499 e. The Labute approximate surface area is 187 Å². The monoisotopic (exact) mass is 490 g/mol. The van der Waals surface area contributed by atoms with Crippen LogP contribution in [0.3, 0.4) is 0 Å². The first kappa shape index (κ1) is 21.2. The van der Waals surface area contributed by atoms with E-state index < -0.39 is 12.1 Å². The molecule has 2 aliphatic heterocycles. The van der Waals surface area contributed by atoms with Gasteiger partial charge in [-0.05, 0) is 37.1 Å². The van der Waals surface area contributed by atoms with Crippen LogP contribution in [-0.2, 0) is 14.3 Å². The lowest BCUT2D eigenvalue weighted by Crippen LogP contribution is -2.50. The van der Waals surface area contributed by atoms with Gasteiger partial charge in [0.15, 0.2) is 0 Å². The van der Waals surface area contributed by atoms with E-state index >= 15 is 0 Å². The maximum atomic E-state index is 13.2. The molecule has 4 rings (SSSR count). The first-order valence-corrected chi connectivity index (χ1v) is 10.8. The summed E-state index contributed by atoms with van der Waals surface area (Å²) in [6.07, 6.45) is 5.83. The summed E-state index contributed by atoms with van der Waals surface area (Å²) in [4.78, 5) is 34.7. The van der Waals surface area contributed by atoms with Crippen LogP contribution in [0.5, 0.6) is 5.75 Å². The second kappa shape index (κ2) is 9.42. The molecule has 2 N–H and O–H groups in total. The molecule has 1 aromatic carbocycles. The third-order valence-electron chi connectivity index (χ3n) is 5.25. The van der Waals surface area contributed by atoms with Crippen LogP contribution in [0.2, 0.25) is 0 Å². The highest BCUT2D eigenvalue weighted by molar-refractivity contribution is 9.10. The number of imidazole rings is 1. The highest BCUT2D eigenvalue weighted by Gasteiger charge is 2.36. The molecule has 10 heteroatoms. The summed E-state index contributed by atoms with van der Waals surface area (Å²) < 4.78 is 17.0. The van der Waals surface area contributed by atoms with Crippen molar-refractivity contribution in [3.05, 3.63) is 47.0 Å². The standard InChI is InChI=1S/C21H23BrN4O5/c1-29-21(28)25-16-12-30-8-3-9-31-18-10-13(22)5-6-14(18)15-11-23-19(24-15)17-4-2-7-26(17)20(16)27/h3,5-6,8,10-11,16-17H,2,4,7,9,12H2,1H3,(H,23,24)(H,25,28)/b8-3-. The van der Waals surface area contributed by atoms with Crippen LogP contribution in [0.25, 0.3) is 11.3 Å². The van der Waals surface area contributed by atoms with Gasteiger partial charge in [-0.15, -0.1) is 0 Å². The number of halogens is 1. The van der Waals surface area contributed by atoms with Gasteiger partial charge in [0.05, 0.1) is 31.3 Å². The number of carbonyl (C=O) groups is 2. The number of alkyl carbamates (subject to hydrolysis) is 1. The quantitative estimate of drug-likeness (QED) is 0.635. The molecule has 0 spiro atoms. The number of nitrogens with zero attached hydrogens (tertiary/aromatic N) is 2. The number of benzene rings is 1. The van der Waals surface area contributed by atoms with E-state index in [1.807, 2.05) is 18.2 Å². The van der Waals surface area contributed by atoms with Crippen molar-refractivity contribution in [3.63, 3.8) is 0 Å². The number of fused-ring (bicyclic) bond motifs is 6. The van der Waals surface area contributed by atoms with Crippen molar-refractivity contribution in [2.45, 2.75) is 24.9 Å². The number of amides is 2. The van der Waals surface area contributed by atoms with Crippen LogP contribution in [-0.4, -0.2) is 59.8 Å². The summed E-state index contributed by atoms with van der Waals surface area (Å²) in [5.41, 5.74) is 1.67. The molecule has 31 heavy (non-hydrogen) atoms. The number of aromatic nitrogens is 2. The number of H-pyrrole nitrogens is 1. The van der Waals surface area contributed by atoms with E-state index in [4.69, 9.17) is 9.47 Å². The number of hydrogen-bond donors (Lipinski definition) is 2. The van der Waals surface area contributed by atoms with Crippen LogP contribution >= 0.6 is 15.9 Å². The highest BCUT2D eigenvalue weighted by Crippen LogP contribution is 2.35. The molecule has 1 fully saturated rings. The predicted molar refractivity (Wildman–Crippen MR) is 115 cm³/mol. The number of methoxy groups -OCH3 is 1. The molecular formula is C21H23BrN4O5. The van der Waals surface area contributed by atoms with Gasteiger partial charge >= 0.3 is 6.09 Å². The fraction of sp³-hybridized carbons (Fsp3) is 0.381. The van der Waals surface area contributed by atoms with Gasteiger partial charge in [-0.25, -0.2) is 9.78 Å². The fourth-order valence-electron chi connectivity index (χ4n) is 3.77. The summed E-state index contributed by atoms with van der Waals surface area (Å²) in [7, 11) is 1.25. The van der Waals surface area contributed by atoms with Crippen molar-refractivity contribution < 1.29 is 23.8 Å². The van der Waals surface area contributed by atoms with Gasteiger partial charge in [0.25, 0.3) is 0 Å². The minimum absolute atomic E-state index is 0.0286. The van der Waals surface area contributed by atoms with Gasteiger partial charge < -0.3 is 29.4 Å². The largest absolute Gasteiger partial charge is 0.499 e. The van der Waals surface area contributed by atoms with E-state index in [1.54, 1.807) is 17.2 Å². The molecule has 2 bridgehead atoms. The lowest BCUT2D eigenvalue weighted by Gasteiger charge is -2.27. The molecule has 2 unspecified atom stereocenters. The Morgan fingerprint density at radius 1 is 1.42 bits per heavy atom. The normalized spacial score (nSPS) is 22.1. The zero-order valence-corrected chi connectivity index (χ0v) is 18.6. The van der Waals surface area contributed by atoms with Crippen LogP contribution in [0.1, 0.15) is 24.7 Å². The van der Waals surface area contributed by atoms with E-state index in [0.29, 0.717) is 18.1 Å². The zero-order chi connectivity index (χ0) is 21.8. The van der Waals surface area contributed by atoms with Crippen LogP contribution in [0.4, 0.5) is 4.79 Å². The van der Waals surface area contributed by atoms with E-state index in [9.17, 15) is 9.59 Å². The van der Waals surface area contributed by atoms with Crippen LogP contribution < -0.4 is 10.1 Å². The lowest BCUT2D eigenvalue weighted by atomic mass is 10.1. The second-order valence-corrected chi connectivity index (χ2v) is 8.13. The molecule has 164 valence electrons. The number of rotatable bonds is 1. The van der Waals surface area contributed by atoms with Crippen LogP contribution in [0.15, 0.2) is 41.2 Å². The smallest absolute Gasteiger partial charge is 0.407 e. The van der Waals surface area contributed by atoms with Crippen molar-refractivity contribution in [1.29, 1.82) is 0 Å². The summed E-state index contributed by atoms with van der Waals surface area (Å²) in [5.74, 6) is 1.14. The Morgan fingerprint density at radius 2 is 2.29 bits per heavy atom. The minimum atomic E-state index is -0.883. The van der Waals surface area contributed by atoms with Gasteiger partial charge in [0.1, 0.15) is 30.8 Å². The van der Waals surface area contributed by atoms with Crippen molar-refractivity contribution >= 4 is 27.9 Å². The number of nitrogens with one attached hydrogen (secondary N) is 2. The first-order chi connectivity index (χ1) is 15.1. The van der Waals surface area contributed by atoms with Gasteiger partial charge in [-0.1, -0.05) is 15.9 Å². The summed E-state index contributed by atoms with van der Waals surface area (Å²) >= 11 is 3.48. The third kappa shape index (κ3) is 4.68. The summed E-state index contributed by atoms with van der Waals surface area (Å²) in [6.45, 7) is 0.808. The van der Waals surface area contributed by atoms with E-state index in [2.05, 4.69) is 36.0 Å². The summed E-state index contributed by atoms with van der Waals surface area (Å²) in [5, 5.41) is 2.57. The zero-order valence-electron chi connectivity index (χ0n) is 17.0. The van der Waals surface area contributed by atoms with Gasteiger partial charge in [-0.3, -0.25) is 4.79 Å². The van der Waals surface area contributed by atoms with Crippen molar-refractivity contribution in [3.8, 4) is 17.0 Å². The van der Waals surface area contributed by atoms with Gasteiger partial charge in [0.2, 0.25) is 5.91 Å². The second-order valence-electron chi connectivity index (χ2n) is 7.22. The van der Waals surface area contributed by atoms with Crippen molar-refractivity contribution in [2.75, 3.05) is 26.9 Å². The fourth-order valence-corrected chi connectivity index (χ4v) is 4.11. The number of aromatic amines is 1. The van der Waals surface area contributed by atoms with E-state index in [-0.39, 0.29) is 25.2 Å². The number of hydrogen-bond acceptors (Lipinski definition) is 6. The SMILES string of the molecule is COC(=O)NC1CO/C=C\COc2cc(Br)ccc2-c2cnc([nH]2)C2CCCN2C1=O. The highest BCUT2D eigenvalue weighted by atomic mass is 79.9. The number of carbonyl (C=O) groups excluding carboxylic acids is 2. The molecule has 0 saturated carbocycles. The van der Waals surface area contributed by atoms with Gasteiger partial charge in [0, 0.05) is 16.6 Å². The maximum Gasteiger partial charge on any atom is 0.407 e. The molecule has 0 aliphatic carbocycles. The Balaban J connectivity index is 1.69. The first-order valence-electron chi connectivity index (χ1n) is 9.96. The average molecular weight is 491 g/mol. The number of ether oxygens (including phenoxy) is 3. The molecule has 1 saturated heterocycles. The Morgan fingerprint density at radius 3 is 3.13 bits per heavy atom. The molecule has 2 amide bonds. The summed E-state index contributed by atoms with van der Waals surface area (Å²) in [6, 6.07) is 4.67. The molecule has 2 aromatic rings. The van der Waals surface area contributed by atoms with Gasteiger partial charge in [-0.2, -0.15) is 0 Å². The average Bonchev–Trinajstić information content (AvgIpc) is 3.43. The van der Waals surface area contributed by atoms with E-state index in [0.717, 1.165) is 28.6 Å². The third-order valence-corrected chi connectivity index (χ3v) is 5.74. The molecule has 2 atom stereocenters. The Kier molecular flexibility index (Phi) is 6.45. The topological polar surface area (TPSA) is 106 Å². The molecule has 3 heterocycles. The molecular weight excluding hydrogens is 468 g/mol. The maximum absolute atomic E-state index is 13.2. The Hall–Kier alpha value is -3.01. The van der Waals surface area contributed by atoms with Crippen molar-refractivity contribution in [2.24, 2.45) is 0 Å². The molecule has 1 aromatic heterocycles. The van der Waals surface area contributed by atoms with Crippen molar-refractivity contribution in [1.82, 2.24) is 20.2 Å². The van der Waals surface area contributed by atoms with Crippen LogP contribution in [0, 0.1) is 0 Å².